The van der Waals surface area contributed by atoms with E-state index in [4.69, 9.17) is 10.5 Å². The maximum Gasteiger partial charge on any atom is 0.223 e. The van der Waals surface area contributed by atoms with E-state index in [0.717, 1.165) is 11.4 Å². The summed E-state index contributed by atoms with van der Waals surface area (Å²) in [6.07, 6.45) is 4.04. The number of aryl methyl sites for hydroxylation is 1. The van der Waals surface area contributed by atoms with Crippen molar-refractivity contribution in [3.63, 3.8) is 0 Å². The Labute approximate surface area is 118 Å². The van der Waals surface area contributed by atoms with E-state index < -0.39 is 0 Å². The van der Waals surface area contributed by atoms with E-state index in [1.54, 1.807) is 0 Å². The highest BCUT2D eigenvalue weighted by Crippen LogP contribution is 2.22. The molecule has 2 heterocycles. The topological polar surface area (TPSA) is 69.6 Å². The van der Waals surface area contributed by atoms with Crippen molar-refractivity contribution in [3.8, 4) is 5.75 Å². The second-order valence-corrected chi connectivity index (χ2v) is 4.95. The number of rotatable bonds is 5. The van der Waals surface area contributed by atoms with Crippen LogP contribution in [-0.2, 0) is 11.2 Å². The zero-order valence-electron chi connectivity index (χ0n) is 12.0. The first-order valence-corrected chi connectivity index (χ1v) is 6.50. The van der Waals surface area contributed by atoms with E-state index in [1.807, 2.05) is 49.6 Å². The molecule has 0 aliphatic heterocycles. The van der Waals surface area contributed by atoms with Gasteiger partial charge in [-0.2, -0.15) is 0 Å². The fourth-order valence-electron chi connectivity index (χ4n) is 1.99. The largest absolute Gasteiger partial charge is 0.486 e. The predicted molar refractivity (Wildman–Crippen MR) is 77.8 cm³/mol. The highest BCUT2D eigenvalue weighted by molar-refractivity contribution is 5.77. The van der Waals surface area contributed by atoms with Crippen LogP contribution in [-0.4, -0.2) is 21.9 Å². The van der Waals surface area contributed by atoms with Gasteiger partial charge in [0.1, 0.15) is 6.61 Å². The van der Waals surface area contributed by atoms with Crippen LogP contribution >= 0.6 is 0 Å². The molecule has 2 N–H and O–H groups in total. The molecular formula is C15H19N3O2. The minimum Gasteiger partial charge on any atom is -0.486 e. The minimum absolute atomic E-state index is 0.171. The van der Waals surface area contributed by atoms with Crippen LogP contribution in [0.25, 0.3) is 5.65 Å². The van der Waals surface area contributed by atoms with Crippen molar-refractivity contribution in [2.45, 2.75) is 27.2 Å². The highest BCUT2D eigenvalue weighted by Gasteiger charge is 2.13. The van der Waals surface area contributed by atoms with Crippen molar-refractivity contribution in [2.75, 3.05) is 6.61 Å². The Morgan fingerprint density at radius 1 is 1.50 bits per heavy atom. The van der Waals surface area contributed by atoms with Gasteiger partial charge in [0.05, 0.1) is 17.8 Å². The number of pyridine rings is 1. The van der Waals surface area contributed by atoms with Crippen LogP contribution in [0.5, 0.6) is 5.75 Å². The summed E-state index contributed by atoms with van der Waals surface area (Å²) in [4.78, 5) is 15.6. The summed E-state index contributed by atoms with van der Waals surface area (Å²) in [5.74, 6) is 0.328. The van der Waals surface area contributed by atoms with Gasteiger partial charge in [0.15, 0.2) is 11.4 Å². The Morgan fingerprint density at radius 2 is 2.25 bits per heavy atom. The van der Waals surface area contributed by atoms with Crippen molar-refractivity contribution < 1.29 is 9.53 Å². The van der Waals surface area contributed by atoms with Crippen LogP contribution in [0.2, 0.25) is 0 Å². The van der Waals surface area contributed by atoms with Gasteiger partial charge in [-0.25, -0.2) is 4.98 Å². The molecule has 2 aromatic rings. The van der Waals surface area contributed by atoms with E-state index in [0.29, 0.717) is 18.0 Å². The van der Waals surface area contributed by atoms with Gasteiger partial charge in [0, 0.05) is 6.20 Å². The third-order valence-electron chi connectivity index (χ3n) is 2.99. The molecule has 0 atom stereocenters. The molecule has 0 radical (unpaired) electrons. The summed E-state index contributed by atoms with van der Waals surface area (Å²) >= 11 is 0. The number of primary amides is 1. The summed E-state index contributed by atoms with van der Waals surface area (Å²) in [5, 5.41) is 0. The van der Waals surface area contributed by atoms with Crippen LogP contribution in [0.1, 0.15) is 25.2 Å². The zero-order chi connectivity index (χ0) is 14.7. The fourth-order valence-corrected chi connectivity index (χ4v) is 1.99. The number of amides is 1. The molecule has 0 bridgehead atoms. The van der Waals surface area contributed by atoms with Crippen LogP contribution in [0.3, 0.4) is 0 Å². The van der Waals surface area contributed by atoms with E-state index in [2.05, 4.69) is 4.98 Å². The molecule has 0 fully saturated rings. The lowest BCUT2D eigenvalue weighted by Crippen LogP contribution is -2.15. The SMILES string of the molecule is CC(C)=CCOc1cccn2c(CC(N)=O)c(C)nc12. The first-order valence-electron chi connectivity index (χ1n) is 6.50. The number of ether oxygens (including phenoxy) is 1. The number of aromatic nitrogens is 2. The summed E-state index contributed by atoms with van der Waals surface area (Å²) in [5.41, 5.74) is 8.79. The fraction of sp³-hybridized carbons (Fsp3) is 0.333. The second-order valence-electron chi connectivity index (χ2n) is 4.95. The number of allylic oxidation sites excluding steroid dienone is 1. The number of hydrogen-bond donors (Lipinski definition) is 1. The first kappa shape index (κ1) is 14.1. The third kappa shape index (κ3) is 2.99. The van der Waals surface area contributed by atoms with Crippen LogP contribution in [0, 0.1) is 6.92 Å². The normalized spacial score (nSPS) is 10.6. The molecule has 5 heteroatoms. The summed E-state index contributed by atoms with van der Waals surface area (Å²) < 4.78 is 7.59. The minimum atomic E-state index is -0.370. The summed E-state index contributed by atoms with van der Waals surface area (Å²) in [6, 6.07) is 3.74. The molecular weight excluding hydrogens is 254 g/mol. The standard InChI is InChI=1S/C15H19N3O2/c1-10(2)6-8-20-13-5-4-7-18-12(9-14(16)19)11(3)17-15(13)18/h4-7H,8-9H2,1-3H3,(H2,16,19). The molecule has 5 nitrogen and oxygen atoms in total. The van der Waals surface area contributed by atoms with Gasteiger partial charge in [-0.3, -0.25) is 4.79 Å². The number of carbonyl (C=O) groups is 1. The predicted octanol–water partition coefficient (Wildman–Crippen LogP) is 2.02. The van der Waals surface area contributed by atoms with E-state index in [9.17, 15) is 4.79 Å². The van der Waals surface area contributed by atoms with Gasteiger partial charge in [0.2, 0.25) is 5.91 Å². The second kappa shape index (κ2) is 5.77. The van der Waals surface area contributed by atoms with Crippen LogP contribution < -0.4 is 10.5 Å². The molecule has 0 saturated heterocycles. The molecule has 0 spiro atoms. The van der Waals surface area contributed by atoms with Crippen molar-refractivity contribution in [3.05, 3.63) is 41.4 Å². The molecule has 0 unspecified atom stereocenters. The zero-order valence-corrected chi connectivity index (χ0v) is 12.0. The van der Waals surface area contributed by atoms with Crippen molar-refractivity contribution in [1.82, 2.24) is 9.38 Å². The number of imidazole rings is 1. The van der Waals surface area contributed by atoms with Crippen LogP contribution in [0.4, 0.5) is 0 Å². The Morgan fingerprint density at radius 3 is 2.90 bits per heavy atom. The lowest BCUT2D eigenvalue weighted by Gasteiger charge is -2.06. The maximum atomic E-state index is 11.1. The van der Waals surface area contributed by atoms with Gasteiger partial charge < -0.3 is 14.9 Å². The monoisotopic (exact) mass is 273 g/mol. The van der Waals surface area contributed by atoms with Gasteiger partial charge in [0.25, 0.3) is 0 Å². The van der Waals surface area contributed by atoms with Gasteiger partial charge in [-0.15, -0.1) is 0 Å². The molecule has 2 rings (SSSR count). The number of carbonyl (C=O) groups excluding carboxylic acids is 1. The third-order valence-corrected chi connectivity index (χ3v) is 2.99. The van der Waals surface area contributed by atoms with Gasteiger partial charge >= 0.3 is 0 Å². The molecule has 1 amide bonds. The lowest BCUT2D eigenvalue weighted by atomic mass is 10.2. The molecule has 0 aromatic carbocycles. The molecule has 0 aliphatic carbocycles. The Balaban J connectivity index is 2.38. The quantitative estimate of drug-likeness (QED) is 0.847. The van der Waals surface area contributed by atoms with E-state index in [1.165, 1.54) is 5.57 Å². The summed E-state index contributed by atoms with van der Waals surface area (Å²) in [7, 11) is 0. The van der Waals surface area contributed by atoms with E-state index in [-0.39, 0.29) is 12.3 Å². The van der Waals surface area contributed by atoms with Gasteiger partial charge in [-0.1, -0.05) is 5.57 Å². The Bertz CT molecular complexity index is 667. The lowest BCUT2D eigenvalue weighted by molar-refractivity contribution is -0.117. The summed E-state index contributed by atoms with van der Waals surface area (Å²) in [6.45, 7) is 6.41. The van der Waals surface area contributed by atoms with Crippen LogP contribution in [0.15, 0.2) is 30.0 Å². The van der Waals surface area contributed by atoms with Crippen molar-refractivity contribution in [2.24, 2.45) is 5.73 Å². The molecule has 0 aliphatic rings. The molecule has 20 heavy (non-hydrogen) atoms. The number of nitrogens with zero attached hydrogens (tertiary/aromatic N) is 2. The number of nitrogens with two attached hydrogens (primary N) is 1. The average Bonchev–Trinajstić information content (AvgIpc) is 2.66. The number of fused-ring (bicyclic) bond motifs is 1. The molecule has 106 valence electrons. The van der Waals surface area contributed by atoms with Crippen molar-refractivity contribution in [1.29, 1.82) is 0 Å². The van der Waals surface area contributed by atoms with E-state index >= 15 is 0 Å². The van der Waals surface area contributed by atoms with Gasteiger partial charge in [-0.05, 0) is 39.0 Å². The molecule has 0 saturated carbocycles. The Kier molecular flexibility index (Phi) is 4.08. The number of hydrogen-bond acceptors (Lipinski definition) is 3. The molecule has 2 aromatic heterocycles. The Hall–Kier alpha value is -2.30. The average molecular weight is 273 g/mol. The maximum absolute atomic E-state index is 11.1. The smallest absolute Gasteiger partial charge is 0.223 e. The highest BCUT2D eigenvalue weighted by atomic mass is 16.5. The first-order chi connectivity index (χ1) is 9.49. The van der Waals surface area contributed by atoms with Crippen molar-refractivity contribution >= 4 is 11.6 Å².